The Morgan fingerprint density at radius 2 is 2.00 bits per heavy atom. The predicted molar refractivity (Wildman–Crippen MR) is 76.8 cm³/mol. The molecule has 1 atom stereocenters. The van der Waals surface area contributed by atoms with E-state index in [1.54, 1.807) is 12.1 Å². The van der Waals surface area contributed by atoms with E-state index in [4.69, 9.17) is 5.11 Å². The number of carboxylic acid groups (broad SMARTS) is 1. The van der Waals surface area contributed by atoms with Gasteiger partial charge >= 0.3 is 5.97 Å². The molecule has 0 aliphatic carbocycles. The third kappa shape index (κ3) is 3.19. The van der Waals surface area contributed by atoms with Crippen LogP contribution in [0.1, 0.15) is 18.4 Å². The van der Waals surface area contributed by atoms with Crippen molar-refractivity contribution in [1.29, 1.82) is 0 Å². The van der Waals surface area contributed by atoms with Crippen molar-refractivity contribution in [3.8, 4) is 0 Å². The lowest BCUT2D eigenvalue weighted by Gasteiger charge is -2.15. The van der Waals surface area contributed by atoms with Gasteiger partial charge in [0.1, 0.15) is 0 Å². The number of rotatable bonds is 5. The summed E-state index contributed by atoms with van der Waals surface area (Å²) in [6, 6.07) is 7.19. The molecule has 1 N–H and O–H groups in total. The molecule has 5 nitrogen and oxygen atoms in total. The number of amides is 2. The first-order valence-electron chi connectivity index (χ1n) is 6.26. The zero-order chi connectivity index (χ0) is 14.7. The van der Waals surface area contributed by atoms with Crippen molar-refractivity contribution in [1.82, 2.24) is 0 Å². The van der Waals surface area contributed by atoms with E-state index in [9.17, 15) is 14.4 Å². The van der Waals surface area contributed by atoms with Crippen LogP contribution in [-0.2, 0) is 14.4 Å². The SMILES string of the molecule is Cc1ccc(N2C(=O)CC(SCCC(=O)O)C2=O)cc1. The largest absolute Gasteiger partial charge is 0.481 e. The summed E-state index contributed by atoms with van der Waals surface area (Å²) in [7, 11) is 0. The molecule has 2 amide bonds. The van der Waals surface area contributed by atoms with Crippen LogP contribution >= 0.6 is 11.8 Å². The van der Waals surface area contributed by atoms with E-state index in [1.807, 2.05) is 19.1 Å². The van der Waals surface area contributed by atoms with Crippen LogP contribution in [0.2, 0.25) is 0 Å². The Balaban J connectivity index is 2.05. The molecule has 1 aliphatic rings. The number of hydrogen-bond acceptors (Lipinski definition) is 4. The molecule has 1 unspecified atom stereocenters. The van der Waals surface area contributed by atoms with Gasteiger partial charge in [0.15, 0.2) is 0 Å². The molecular formula is C14H15NO4S. The minimum absolute atomic E-state index is 0.00678. The van der Waals surface area contributed by atoms with E-state index in [0.29, 0.717) is 11.4 Å². The quantitative estimate of drug-likeness (QED) is 0.838. The molecule has 0 aromatic heterocycles. The van der Waals surface area contributed by atoms with E-state index in [-0.39, 0.29) is 24.7 Å². The molecule has 0 spiro atoms. The van der Waals surface area contributed by atoms with Crippen LogP contribution in [0, 0.1) is 6.92 Å². The lowest BCUT2D eigenvalue weighted by molar-refractivity contribution is -0.136. The minimum Gasteiger partial charge on any atom is -0.481 e. The first-order chi connectivity index (χ1) is 9.49. The van der Waals surface area contributed by atoms with Crippen LogP contribution in [-0.4, -0.2) is 33.9 Å². The predicted octanol–water partition coefficient (Wildman–Crippen LogP) is 1.83. The van der Waals surface area contributed by atoms with Crippen LogP contribution in [0.5, 0.6) is 0 Å². The van der Waals surface area contributed by atoms with Gasteiger partial charge in [-0.25, -0.2) is 4.90 Å². The number of anilines is 1. The van der Waals surface area contributed by atoms with Gasteiger partial charge in [0.2, 0.25) is 11.8 Å². The summed E-state index contributed by atoms with van der Waals surface area (Å²) in [6.07, 6.45) is 0.129. The molecular weight excluding hydrogens is 278 g/mol. The van der Waals surface area contributed by atoms with E-state index in [1.165, 1.54) is 16.7 Å². The smallest absolute Gasteiger partial charge is 0.304 e. The summed E-state index contributed by atoms with van der Waals surface area (Å²) >= 11 is 1.23. The first-order valence-corrected chi connectivity index (χ1v) is 7.31. The highest BCUT2D eigenvalue weighted by Crippen LogP contribution is 2.30. The average molecular weight is 293 g/mol. The van der Waals surface area contributed by atoms with Gasteiger partial charge in [0.05, 0.1) is 17.4 Å². The maximum Gasteiger partial charge on any atom is 0.304 e. The molecule has 1 heterocycles. The number of benzene rings is 1. The molecule has 6 heteroatoms. The number of aliphatic carboxylic acids is 1. The highest BCUT2D eigenvalue weighted by Gasteiger charge is 2.39. The van der Waals surface area contributed by atoms with Gasteiger partial charge in [-0.1, -0.05) is 17.7 Å². The highest BCUT2D eigenvalue weighted by molar-refractivity contribution is 8.00. The van der Waals surface area contributed by atoms with Crippen molar-refractivity contribution in [2.24, 2.45) is 0 Å². The normalized spacial score (nSPS) is 18.6. The molecule has 0 radical (unpaired) electrons. The highest BCUT2D eigenvalue weighted by atomic mass is 32.2. The molecule has 1 fully saturated rings. The van der Waals surface area contributed by atoms with Gasteiger partial charge < -0.3 is 5.11 Å². The second kappa shape index (κ2) is 6.09. The molecule has 1 aromatic rings. The maximum atomic E-state index is 12.2. The van der Waals surface area contributed by atoms with Crippen molar-refractivity contribution in [3.63, 3.8) is 0 Å². The molecule has 1 saturated heterocycles. The lowest BCUT2D eigenvalue weighted by atomic mass is 10.2. The fraction of sp³-hybridized carbons (Fsp3) is 0.357. The maximum absolute atomic E-state index is 12.2. The van der Waals surface area contributed by atoms with E-state index in [0.717, 1.165) is 5.56 Å². The van der Waals surface area contributed by atoms with Crippen molar-refractivity contribution < 1.29 is 19.5 Å². The lowest BCUT2D eigenvalue weighted by Crippen LogP contribution is -2.31. The van der Waals surface area contributed by atoms with Crippen LogP contribution in [0.25, 0.3) is 0 Å². The Hall–Kier alpha value is -1.82. The molecule has 0 bridgehead atoms. The van der Waals surface area contributed by atoms with Crippen molar-refractivity contribution in [2.75, 3.05) is 10.7 Å². The Bertz CT molecular complexity index is 541. The summed E-state index contributed by atoms with van der Waals surface area (Å²) in [5.41, 5.74) is 1.63. The van der Waals surface area contributed by atoms with Crippen molar-refractivity contribution in [2.45, 2.75) is 25.0 Å². The number of carbonyl (C=O) groups excluding carboxylic acids is 2. The average Bonchev–Trinajstić information content (AvgIpc) is 2.66. The number of hydrogen-bond donors (Lipinski definition) is 1. The summed E-state index contributed by atoms with van der Waals surface area (Å²) in [6.45, 7) is 1.93. The molecule has 1 aliphatic heterocycles. The van der Waals surface area contributed by atoms with E-state index in [2.05, 4.69) is 0 Å². The zero-order valence-electron chi connectivity index (χ0n) is 11.0. The van der Waals surface area contributed by atoms with Gasteiger partial charge in [-0.15, -0.1) is 11.8 Å². The molecule has 106 valence electrons. The summed E-state index contributed by atoms with van der Waals surface area (Å²) in [5.74, 6) is -1.05. The van der Waals surface area contributed by atoms with Crippen molar-refractivity contribution >= 4 is 35.2 Å². The molecule has 0 saturated carbocycles. The number of carboxylic acids is 1. The topological polar surface area (TPSA) is 74.7 Å². The fourth-order valence-corrected chi connectivity index (χ4v) is 3.07. The van der Waals surface area contributed by atoms with Crippen molar-refractivity contribution in [3.05, 3.63) is 29.8 Å². The molecule has 1 aromatic carbocycles. The Labute approximate surface area is 121 Å². The summed E-state index contributed by atoms with van der Waals surface area (Å²) in [4.78, 5) is 35.8. The monoisotopic (exact) mass is 293 g/mol. The van der Waals surface area contributed by atoms with Crippen LogP contribution < -0.4 is 4.90 Å². The van der Waals surface area contributed by atoms with Gasteiger partial charge in [-0.3, -0.25) is 14.4 Å². The zero-order valence-corrected chi connectivity index (χ0v) is 11.9. The van der Waals surface area contributed by atoms with Crippen LogP contribution in [0.3, 0.4) is 0 Å². The second-order valence-corrected chi connectivity index (χ2v) is 5.92. The number of imide groups is 1. The van der Waals surface area contributed by atoms with Crippen LogP contribution in [0.15, 0.2) is 24.3 Å². The molecule has 2 rings (SSSR count). The number of carbonyl (C=O) groups is 3. The molecule has 20 heavy (non-hydrogen) atoms. The van der Waals surface area contributed by atoms with Gasteiger partial charge in [-0.05, 0) is 19.1 Å². The fourth-order valence-electron chi connectivity index (χ4n) is 1.99. The van der Waals surface area contributed by atoms with Gasteiger partial charge in [0, 0.05) is 12.2 Å². The summed E-state index contributed by atoms with van der Waals surface area (Å²) < 4.78 is 0. The van der Waals surface area contributed by atoms with Crippen LogP contribution in [0.4, 0.5) is 5.69 Å². The third-order valence-corrected chi connectivity index (χ3v) is 4.24. The van der Waals surface area contributed by atoms with Gasteiger partial charge in [0.25, 0.3) is 0 Å². The number of thioether (sulfide) groups is 1. The second-order valence-electron chi connectivity index (χ2n) is 4.61. The number of nitrogens with zero attached hydrogens (tertiary/aromatic N) is 1. The Morgan fingerprint density at radius 3 is 2.60 bits per heavy atom. The first kappa shape index (κ1) is 14.6. The standard InChI is InChI=1S/C14H15NO4S/c1-9-2-4-10(5-3-9)15-12(16)8-11(14(15)19)20-7-6-13(17)18/h2-5,11H,6-8H2,1H3,(H,17,18). The van der Waals surface area contributed by atoms with E-state index < -0.39 is 11.2 Å². The Kier molecular flexibility index (Phi) is 4.44. The Morgan fingerprint density at radius 1 is 1.35 bits per heavy atom. The minimum atomic E-state index is -0.898. The third-order valence-electron chi connectivity index (χ3n) is 3.03. The van der Waals surface area contributed by atoms with Gasteiger partial charge in [-0.2, -0.15) is 0 Å². The van der Waals surface area contributed by atoms with E-state index >= 15 is 0 Å². The summed E-state index contributed by atoms with van der Waals surface area (Å²) in [5, 5.41) is 8.12. The number of aryl methyl sites for hydroxylation is 1.